The normalized spacial score (nSPS) is 24.7. The van der Waals surface area contributed by atoms with Gasteiger partial charge in [-0.25, -0.2) is 0 Å². The van der Waals surface area contributed by atoms with E-state index < -0.39 is 0 Å². The molecule has 0 aromatic heterocycles. The fourth-order valence-electron chi connectivity index (χ4n) is 2.82. The van der Waals surface area contributed by atoms with Gasteiger partial charge in [-0.1, -0.05) is 37.3 Å². The average Bonchev–Trinajstić information content (AvgIpc) is 2.42. The number of nitrogens with zero attached hydrogens (tertiary/aromatic N) is 1. The Morgan fingerprint density at radius 1 is 1.39 bits per heavy atom. The molecule has 1 aliphatic heterocycles. The summed E-state index contributed by atoms with van der Waals surface area (Å²) in [4.78, 5) is 2.50. The number of benzene rings is 1. The molecule has 1 fully saturated rings. The Morgan fingerprint density at radius 3 is 2.72 bits per heavy atom. The molecule has 0 amide bonds. The second-order valence-electron chi connectivity index (χ2n) is 5.07. The lowest BCUT2D eigenvalue weighted by Crippen LogP contribution is -2.52. The lowest BCUT2D eigenvalue weighted by molar-refractivity contribution is -0.0281. The van der Waals surface area contributed by atoms with Crippen molar-refractivity contribution < 1.29 is 4.74 Å². The largest absolute Gasteiger partial charge is 0.379 e. The Bertz CT molecular complexity index is 355. The van der Waals surface area contributed by atoms with Crippen molar-refractivity contribution in [2.24, 2.45) is 5.73 Å². The minimum absolute atomic E-state index is 0.0803. The molecule has 0 radical (unpaired) electrons. The summed E-state index contributed by atoms with van der Waals surface area (Å²) >= 11 is 0. The molecule has 0 aliphatic carbocycles. The second-order valence-corrected chi connectivity index (χ2v) is 5.07. The van der Waals surface area contributed by atoms with Gasteiger partial charge in [0.2, 0.25) is 0 Å². The predicted octanol–water partition coefficient (Wildman–Crippen LogP) is 2.19. The summed E-state index contributed by atoms with van der Waals surface area (Å²) < 4.78 is 5.51. The van der Waals surface area contributed by atoms with Crippen LogP contribution in [0.3, 0.4) is 0 Å². The van der Waals surface area contributed by atoms with E-state index in [9.17, 15) is 0 Å². The number of hydrogen-bond donors (Lipinski definition) is 1. The van der Waals surface area contributed by atoms with Crippen molar-refractivity contribution in [3.05, 3.63) is 35.9 Å². The highest BCUT2D eigenvalue weighted by Gasteiger charge is 2.29. The summed E-state index contributed by atoms with van der Waals surface area (Å²) in [5.41, 5.74) is 7.69. The van der Waals surface area contributed by atoms with E-state index in [1.54, 1.807) is 0 Å². The number of morpholine rings is 1. The van der Waals surface area contributed by atoms with Gasteiger partial charge in [-0.3, -0.25) is 4.90 Å². The minimum atomic E-state index is 0.0803. The summed E-state index contributed by atoms with van der Waals surface area (Å²) in [5, 5.41) is 0. The highest BCUT2D eigenvalue weighted by Crippen LogP contribution is 2.24. The van der Waals surface area contributed by atoms with E-state index in [-0.39, 0.29) is 6.04 Å². The summed E-state index contributed by atoms with van der Waals surface area (Å²) in [6, 6.07) is 11.3. The molecule has 1 aromatic rings. The van der Waals surface area contributed by atoms with Crippen LogP contribution in [-0.4, -0.2) is 36.7 Å². The molecule has 1 aliphatic rings. The molecule has 1 saturated heterocycles. The van der Waals surface area contributed by atoms with Crippen molar-refractivity contribution in [3.8, 4) is 0 Å². The van der Waals surface area contributed by atoms with Gasteiger partial charge in [-0.05, 0) is 18.9 Å². The number of nitrogens with two attached hydrogens (primary N) is 1. The van der Waals surface area contributed by atoms with E-state index >= 15 is 0 Å². The average molecular weight is 248 g/mol. The molecule has 1 heterocycles. The molecule has 3 heteroatoms. The smallest absolute Gasteiger partial charge is 0.0619 e. The highest BCUT2D eigenvalue weighted by atomic mass is 16.5. The van der Waals surface area contributed by atoms with Crippen LogP contribution in [0, 0.1) is 0 Å². The van der Waals surface area contributed by atoms with Crippen LogP contribution in [-0.2, 0) is 4.74 Å². The Morgan fingerprint density at radius 2 is 2.11 bits per heavy atom. The number of hydrogen-bond acceptors (Lipinski definition) is 3. The van der Waals surface area contributed by atoms with E-state index in [0.29, 0.717) is 12.1 Å². The van der Waals surface area contributed by atoms with Gasteiger partial charge in [0, 0.05) is 24.7 Å². The van der Waals surface area contributed by atoms with Crippen molar-refractivity contribution in [2.45, 2.75) is 38.4 Å². The van der Waals surface area contributed by atoms with Crippen LogP contribution in [0.25, 0.3) is 0 Å². The lowest BCUT2D eigenvalue weighted by Gasteiger charge is -2.41. The fraction of sp³-hybridized carbons (Fsp3) is 0.600. The molecule has 100 valence electrons. The first kappa shape index (κ1) is 13.5. The van der Waals surface area contributed by atoms with Gasteiger partial charge in [0.1, 0.15) is 0 Å². The van der Waals surface area contributed by atoms with Crippen LogP contribution in [0.5, 0.6) is 0 Å². The quantitative estimate of drug-likeness (QED) is 0.887. The van der Waals surface area contributed by atoms with E-state index in [1.165, 1.54) is 5.56 Å². The molecule has 18 heavy (non-hydrogen) atoms. The van der Waals surface area contributed by atoms with Gasteiger partial charge in [-0.2, -0.15) is 0 Å². The Labute approximate surface area is 110 Å². The molecule has 2 N–H and O–H groups in total. The van der Waals surface area contributed by atoms with Crippen LogP contribution < -0.4 is 5.73 Å². The molecule has 3 atom stereocenters. The van der Waals surface area contributed by atoms with Crippen molar-refractivity contribution in [2.75, 3.05) is 19.8 Å². The SMILES string of the molecule is CCC(C(N)c1ccccc1)N1CCOCC1C. The van der Waals surface area contributed by atoms with Crippen molar-refractivity contribution in [1.82, 2.24) is 4.90 Å². The van der Waals surface area contributed by atoms with Crippen LogP contribution in [0.2, 0.25) is 0 Å². The van der Waals surface area contributed by atoms with Gasteiger partial charge in [0.25, 0.3) is 0 Å². The molecule has 3 unspecified atom stereocenters. The first-order chi connectivity index (χ1) is 8.74. The molecular formula is C15H24N2O. The maximum absolute atomic E-state index is 6.46. The fourth-order valence-corrected chi connectivity index (χ4v) is 2.82. The van der Waals surface area contributed by atoms with Gasteiger partial charge < -0.3 is 10.5 Å². The summed E-state index contributed by atoms with van der Waals surface area (Å²) in [6.45, 7) is 7.07. The minimum Gasteiger partial charge on any atom is -0.379 e. The number of rotatable bonds is 4. The van der Waals surface area contributed by atoms with Crippen LogP contribution in [0.1, 0.15) is 31.9 Å². The van der Waals surface area contributed by atoms with Crippen molar-refractivity contribution >= 4 is 0 Å². The Kier molecular flexibility index (Phi) is 4.75. The standard InChI is InChI=1S/C15H24N2O/c1-3-14(17-9-10-18-11-12(17)2)15(16)13-7-5-4-6-8-13/h4-8,12,14-15H,3,9-11,16H2,1-2H3. The first-order valence-electron chi connectivity index (χ1n) is 6.88. The van der Waals surface area contributed by atoms with Crippen molar-refractivity contribution in [1.29, 1.82) is 0 Å². The molecule has 2 rings (SSSR count). The van der Waals surface area contributed by atoms with E-state index in [1.807, 2.05) is 6.07 Å². The molecule has 0 bridgehead atoms. The lowest BCUT2D eigenvalue weighted by atomic mass is 9.95. The third kappa shape index (κ3) is 2.91. The zero-order valence-corrected chi connectivity index (χ0v) is 11.4. The monoisotopic (exact) mass is 248 g/mol. The molecule has 0 saturated carbocycles. The first-order valence-corrected chi connectivity index (χ1v) is 6.88. The molecule has 1 aromatic carbocycles. The van der Waals surface area contributed by atoms with Gasteiger partial charge in [0.05, 0.1) is 13.2 Å². The maximum atomic E-state index is 6.46. The Balaban J connectivity index is 2.12. The van der Waals surface area contributed by atoms with E-state index in [4.69, 9.17) is 10.5 Å². The topological polar surface area (TPSA) is 38.5 Å². The third-order valence-corrected chi connectivity index (χ3v) is 3.86. The molecule has 3 nitrogen and oxygen atoms in total. The Hall–Kier alpha value is -0.900. The van der Waals surface area contributed by atoms with Crippen LogP contribution in [0.15, 0.2) is 30.3 Å². The zero-order chi connectivity index (χ0) is 13.0. The summed E-state index contributed by atoms with van der Waals surface area (Å²) in [5.74, 6) is 0. The molecular weight excluding hydrogens is 224 g/mol. The van der Waals surface area contributed by atoms with E-state index in [2.05, 4.69) is 43.0 Å². The van der Waals surface area contributed by atoms with Crippen LogP contribution >= 0.6 is 0 Å². The third-order valence-electron chi connectivity index (χ3n) is 3.86. The van der Waals surface area contributed by atoms with E-state index in [0.717, 1.165) is 26.2 Å². The van der Waals surface area contributed by atoms with Gasteiger partial charge >= 0.3 is 0 Å². The second kappa shape index (κ2) is 6.32. The van der Waals surface area contributed by atoms with Gasteiger partial charge in [0.15, 0.2) is 0 Å². The summed E-state index contributed by atoms with van der Waals surface area (Å²) in [6.07, 6.45) is 1.07. The highest BCUT2D eigenvalue weighted by molar-refractivity contribution is 5.20. The van der Waals surface area contributed by atoms with Crippen molar-refractivity contribution in [3.63, 3.8) is 0 Å². The number of ether oxygens (including phenoxy) is 1. The molecule has 0 spiro atoms. The zero-order valence-electron chi connectivity index (χ0n) is 11.4. The maximum Gasteiger partial charge on any atom is 0.0619 e. The predicted molar refractivity (Wildman–Crippen MR) is 74.4 cm³/mol. The summed E-state index contributed by atoms with van der Waals surface area (Å²) in [7, 11) is 0. The van der Waals surface area contributed by atoms with Gasteiger partial charge in [-0.15, -0.1) is 0 Å². The van der Waals surface area contributed by atoms with Crippen LogP contribution in [0.4, 0.5) is 0 Å².